The second kappa shape index (κ2) is 6.84. The van der Waals surface area contributed by atoms with Crippen LogP contribution in [-0.4, -0.2) is 18.6 Å². The van der Waals surface area contributed by atoms with Crippen LogP contribution in [0.3, 0.4) is 0 Å². The number of aromatic nitrogens is 2. The summed E-state index contributed by atoms with van der Waals surface area (Å²) in [4.78, 5) is 14.1. The van der Waals surface area contributed by atoms with Crippen molar-refractivity contribution >= 4 is 26.8 Å². The van der Waals surface area contributed by atoms with E-state index in [1.807, 2.05) is 6.92 Å². The van der Waals surface area contributed by atoms with Crippen molar-refractivity contribution in [2.45, 2.75) is 49.8 Å². The van der Waals surface area contributed by atoms with E-state index in [4.69, 9.17) is 4.52 Å². The van der Waals surface area contributed by atoms with Crippen molar-refractivity contribution in [1.82, 2.24) is 10.1 Å². The highest BCUT2D eigenvalue weighted by Gasteiger charge is 2.25. The minimum absolute atomic E-state index is 0.0945. The number of aromatic amines is 1. The molecule has 2 heterocycles. The molecule has 1 saturated carbocycles. The Kier molecular flexibility index (Phi) is 4.51. The molecule has 0 amide bonds. The molecule has 2 aromatic heterocycles. The first-order chi connectivity index (χ1) is 12.9. The first kappa shape index (κ1) is 17.8. The van der Waals surface area contributed by atoms with Crippen molar-refractivity contribution in [3.63, 3.8) is 0 Å². The summed E-state index contributed by atoms with van der Waals surface area (Å²) in [5, 5.41) is 4.77. The van der Waals surface area contributed by atoms with Gasteiger partial charge >= 0.3 is 0 Å². The zero-order valence-corrected chi connectivity index (χ0v) is 15.8. The van der Waals surface area contributed by atoms with E-state index in [1.54, 1.807) is 12.1 Å². The highest BCUT2D eigenvalue weighted by Crippen LogP contribution is 2.36. The van der Waals surface area contributed by atoms with Gasteiger partial charge in [-0.1, -0.05) is 24.4 Å². The second-order valence-electron chi connectivity index (χ2n) is 7.03. The zero-order chi connectivity index (χ0) is 19.0. The monoisotopic (exact) mass is 387 g/mol. The van der Waals surface area contributed by atoms with E-state index >= 15 is 0 Å². The predicted octanol–water partition coefficient (Wildman–Crippen LogP) is 3.67. The molecular weight excluding hydrogens is 366 g/mol. The van der Waals surface area contributed by atoms with Crippen LogP contribution in [0, 0.1) is 6.92 Å². The molecule has 3 aromatic rings. The van der Waals surface area contributed by atoms with Gasteiger partial charge in [0.05, 0.1) is 10.6 Å². The van der Waals surface area contributed by atoms with Gasteiger partial charge in [-0.2, -0.15) is 0 Å². The number of sulfonamides is 1. The molecule has 1 aromatic carbocycles. The molecule has 1 fully saturated rings. The molecule has 4 rings (SSSR count). The average Bonchev–Trinajstić information content (AvgIpc) is 3.02. The number of benzene rings is 1. The first-order valence-electron chi connectivity index (χ1n) is 9.06. The maximum absolute atomic E-state index is 12.8. The lowest BCUT2D eigenvalue weighted by molar-refractivity contribution is 0.387. The minimum Gasteiger partial charge on any atom is -0.337 e. The van der Waals surface area contributed by atoms with Crippen LogP contribution in [0.4, 0.5) is 5.88 Å². The number of fused-ring (bicyclic) bond motifs is 1. The van der Waals surface area contributed by atoms with Gasteiger partial charge in [-0.3, -0.25) is 4.79 Å². The number of nitrogens with zero attached hydrogens (tertiary/aromatic N) is 1. The lowest BCUT2D eigenvalue weighted by Gasteiger charge is -2.19. The van der Waals surface area contributed by atoms with Crippen LogP contribution in [0.15, 0.2) is 44.5 Å². The van der Waals surface area contributed by atoms with E-state index in [2.05, 4.69) is 14.9 Å². The van der Waals surface area contributed by atoms with E-state index in [0.29, 0.717) is 16.8 Å². The van der Waals surface area contributed by atoms with Gasteiger partial charge in [-0.15, -0.1) is 0 Å². The highest BCUT2D eigenvalue weighted by atomic mass is 32.2. The average molecular weight is 387 g/mol. The van der Waals surface area contributed by atoms with E-state index in [1.165, 1.54) is 24.6 Å². The van der Waals surface area contributed by atoms with E-state index in [9.17, 15) is 13.2 Å². The Bertz CT molecular complexity index is 1140. The normalized spacial score (nSPS) is 15.9. The van der Waals surface area contributed by atoms with E-state index < -0.39 is 10.0 Å². The quantitative estimate of drug-likeness (QED) is 0.710. The molecule has 0 saturated heterocycles. The Labute approximate surface area is 156 Å². The Balaban J connectivity index is 1.62. The number of rotatable bonds is 4. The lowest BCUT2D eigenvalue weighted by Crippen LogP contribution is -2.14. The molecule has 0 spiro atoms. The third-order valence-corrected chi connectivity index (χ3v) is 6.51. The lowest BCUT2D eigenvalue weighted by atomic mass is 9.86. The van der Waals surface area contributed by atoms with Crippen molar-refractivity contribution in [1.29, 1.82) is 0 Å². The van der Waals surface area contributed by atoms with Crippen LogP contribution < -0.4 is 10.3 Å². The smallest absolute Gasteiger partial charge is 0.264 e. The molecule has 27 heavy (non-hydrogen) atoms. The maximum atomic E-state index is 12.8. The van der Waals surface area contributed by atoms with Crippen molar-refractivity contribution in [3.05, 3.63) is 51.9 Å². The van der Waals surface area contributed by atoms with Crippen LogP contribution >= 0.6 is 0 Å². The van der Waals surface area contributed by atoms with Crippen LogP contribution in [0.25, 0.3) is 10.9 Å². The number of hydrogen-bond donors (Lipinski definition) is 2. The first-order valence-corrected chi connectivity index (χ1v) is 10.5. The molecule has 0 unspecified atom stereocenters. The Morgan fingerprint density at radius 2 is 1.93 bits per heavy atom. The fraction of sp³-hybridized carbons (Fsp3) is 0.368. The zero-order valence-electron chi connectivity index (χ0n) is 15.0. The molecule has 0 atom stereocenters. The van der Waals surface area contributed by atoms with Crippen molar-refractivity contribution in [2.75, 3.05) is 4.72 Å². The summed E-state index contributed by atoms with van der Waals surface area (Å²) in [6.07, 6.45) is 5.68. The number of H-pyrrole nitrogens is 1. The van der Waals surface area contributed by atoms with Crippen LogP contribution in [0.1, 0.15) is 49.3 Å². The number of pyridine rings is 1. The van der Waals surface area contributed by atoms with Gasteiger partial charge in [0.1, 0.15) is 0 Å². The van der Waals surface area contributed by atoms with Gasteiger partial charge in [0.2, 0.25) is 11.4 Å². The Morgan fingerprint density at radius 3 is 2.70 bits per heavy atom. The minimum atomic E-state index is -3.83. The Morgan fingerprint density at radius 1 is 1.15 bits per heavy atom. The summed E-state index contributed by atoms with van der Waals surface area (Å²) in [6.45, 7) is 1.84. The predicted molar refractivity (Wildman–Crippen MR) is 102 cm³/mol. The van der Waals surface area contributed by atoms with Gasteiger partial charge in [-0.25, -0.2) is 13.1 Å². The van der Waals surface area contributed by atoms with Gasteiger partial charge in [0.25, 0.3) is 10.0 Å². The SMILES string of the molecule is Cc1c(C2CCCCC2)noc1NS(=O)(=O)c1ccc2[nH]c(=O)ccc2c1. The summed E-state index contributed by atoms with van der Waals surface area (Å²) >= 11 is 0. The molecule has 2 N–H and O–H groups in total. The number of anilines is 1. The van der Waals surface area contributed by atoms with E-state index in [0.717, 1.165) is 36.9 Å². The molecular formula is C19H21N3O4S. The van der Waals surface area contributed by atoms with Crippen LogP contribution in [0.5, 0.6) is 0 Å². The highest BCUT2D eigenvalue weighted by molar-refractivity contribution is 7.92. The second-order valence-corrected chi connectivity index (χ2v) is 8.72. The molecule has 0 aliphatic heterocycles. The van der Waals surface area contributed by atoms with Crippen molar-refractivity contribution < 1.29 is 12.9 Å². The van der Waals surface area contributed by atoms with Gasteiger partial charge in [0.15, 0.2) is 0 Å². The fourth-order valence-corrected chi connectivity index (χ4v) is 4.76. The maximum Gasteiger partial charge on any atom is 0.264 e. The third-order valence-electron chi connectivity index (χ3n) is 5.18. The standard InChI is InChI=1S/C19H21N3O4S/c1-12-18(13-5-3-2-4-6-13)21-26-19(12)22-27(24,25)15-8-9-16-14(11-15)7-10-17(23)20-16/h7-11,13,22H,2-6H2,1H3,(H,20,23). The molecule has 0 bridgehead atoms. The molecule has 1 aliphatic rings. The number of hydrogen-bond acceptors (Lipinski definition) is 5. The third kappa shape index (κ3) is 3.49. The van der Waals surface area contributed by atoms with Gasteiger partial charge in [0, 0.05) is 23.1 Å². The summed E-state index contributed by atoms with van der Waals surface area (Å²) < 4.78 is 33.4. The van der Waals surface area contributed by atoms with Crippen molar-refractivity contribution in [2.24, 2.45) is 0 Å². The van der Waals surface area contributed by atoms with Gasteiger partial charge in [-0.05, 0) is 49.4 Å². The molecule has 142 valence electrons. The van der Waals surface area contributed by atoms with Crippen LogP contribution in [0.2, 0.25) is 0 Å². The summed E-state index contributed by atoms with van der Waals surface area (Å²) in [5.74, 6) is 0.496. The fourth-order valence-electron chi connectivity index (χ4n) is 3.68. The molecule has 0 radical (unpaired) electrons. The largest absolute Gasteiger partial charge is 0.337 e. The molecule has 7 nitrogen and oxygen atoms in total. The number of nitrogens with one attached hydrogen (secondary N) is 2. The topological polar surface area (TPSA) is 105 Å². The van der Waals surface area contributed by atoms with E-state index in [-0.39, 0.29) is 16.3 Å². The Hall–Kier alpha value is -2.61. The molecule has 8 heteroatoms. The van der Waals surface area contributed by atoms with Gasteiger partial charge < -0.3 is 9.51 Å². The summed E-state index contributed by atoms with van der Waals surface area (Å²) in [7, 11) is -3.83. The summed E-state index contributed by atoms with van der Waals surface area (Å²) in [6, 6.07) is 7.50. The molecule has 1 aliphatic carbocycles. The summed E-state index contributed by atoms with van der Waals surface area (Å²) in [5.41, 5.74) is 1.94. The van der Waals surface area contributed by atoms with Crippen molar-refractivity contribution in [3.8, 4) is 0 Å². The van der Waals surface area contributed by atoms with Crippen LogP contribution in [-0.2, 0) is 10.0 Å².